The first-order valence-electron chi connectivity index (χ1n) is 8.19. The summed E-state index contributed by atoms with van der Waals surface area (Å²) in [5, 5.41) is 17.8. The second-order valence-corrected chi connectivity index (χ2v) is 6.48. The molecule has 8 nitrogen and oxygen atoms in total. The highest BCUT2D eigenvalue weighted by Gasteiger charge is 2.16. The van der Waals surface area contributed by atoms with E-state index in [1.165, 1.54) is 18.2 Å². The number of nitrogens with zero attached hydrogens (tertiary/aromatic N) is 4. The van der Waals surface area contributed by atoms with Crippen LogP contribution in [0.1, 0.15) is 13.8 Å². The van der Waals surface area contributed by atoms with Gasteiger partial charge in [0.2, 0.25) is 5.95 Å². The van der Waals surface area contributed by atoms with E-state index in [0.29, 0.717) is 22.5 Å². The van der Waals surface area contributed by atoms with Gasteiger partial charge in [-0.25, -0.2) is 4.98 Å². The van der Waals surface area contributed by atoms with Crippen molar-refractivity contribution in [3.63, 3.8) is 0 Å². The van der Waals surface area contributed by atoms with E-state index in [9.17, 15) is 10.1 Å². The van der Waals surface area contributed by atoms with Gasteiger partial charge in [0.25, 0.3) is 5.69 Å². The predicted molar refractivity (Wildman–Crippen MR) is 105 cm³/mol. The Balaban J connectivity index is 2.05. The van der Waals surface area contributed by atoms with Crippen LogP contribution in [0.25, 0.3) is 11.3 Å². The number of aromatic nitrogens is 3. The Morgan fingerprint density at radius 1 is 1.11 bits per heavy atom. The van der Waals surface area contributed by atoms with Crippen molar-refractivity contribution in [2.75, 3.05) is 10.6 Å². The molecule has 138 valence electrons. The summed E-state index contributed by atoms with van der Waals surface area (Å²) in [5.41, 5.74) is 1.66. The highest BCUT2D eigenvalue weighted by molar-refractivity contribution is 6.31. The van der Waals surface area contributed by atoms with Crippen molar-refractivity contribution in [3.05, 3.63) is 63.9 Å². The fourth-order valence-electron chi connectivity index (χ4n) is 2.41. The van der Waals surface area contributed by atoms with Gasteiger partial charge in [-0.15, -0.1) is 0 Å². The number of anilines is 3. The molecule has 0 aliphatic carbocycles. The van der Waals surface area contributed by atoms with Gasteiger partial charge in [0, 0.05) is 41.2 Å². The number of halogens is 1. The molecule has 0 radical (unpaired) electrons. The molecule has 0 aliphatic rings. The number of benzene rings is 1. The van der Waals surface area contributed by atoms with Gasteiger partial charge in [-0.1, -0.05) is 11.6 Å². The Hall–Kier alpha value is -3.26. The average Bonchev–Trinajstić information content (AvgIpc) is 2.61. The first kappa shape index (κ1) is 18.5. The van der Waals surface area contributed by atoms with Crippen LogP contribution in [-0.2, 0) is 0 Å². The van der Waals surface area contributed by atoms with E-state index in [-0.39, 0.29) is 17.4 Å². The summed E-state index contributed by atoms with van der Waals surface area (Å²) in [4.78, 5) is 23.7. The summed E-state index contributed by atoms with van der Waals surface area (Å²) in [6, 6.07) is 9.79. The Morgan fingerprint density at radius 3 is 2.52 bits per heavy atom. The van der Waals surface area contributed by atoms with Crippen molar-refractivity contribution in [2.45, 2.75) is 19.9 Å². The Labute approximate surface area is 160 Å². The lowest BCUT2D eigenvalue weighted by Gasteiger charge is -2.13. The predicted octanol–water partition coefficient (Wildman–Crippen LogP) is 4.66. The van der Waals surface area contributed by atoms with Gasteiger partial charge in [-0.05, 0) is 38.1 Å². The van der Waals surface area contributed by atoms with Crippen molar-refractivity contribution >= 4 is 34.7 Å². The number of hydrogen-bond donors (Lipinski definition) is 2. The van der Waals surface area contributed by atoms with E-state index in [4.69, 9.17) is 11.6 Å². The molecular weight excluding hydrogens is 368 g/mol. The lowest BCUT2D eigenvalue weighted by molar-refractivity contribution is -0.383. The minimum Gasteiger partial charge on any atom is -0.352 e. The fourth-order valence-corrected chi connectivity index (χ4v) is 2.58. The molecule has 3 rings (SSSR count). The fraction of sp³-hybridized carbons (Fsp3) is 0.167. The standard InChI is InChI=1S/C18H17ClN6O2/c1-11(2)21-18-23-14(12-5-7-20-8-6-12)10-17(24-18)22-15-9-13(19)3-4-16(15)25(26)27/h3-11H,1-2H3,(H2,21,22,23,24). The molecule has 0 amide bonds. The Morgan fingerprint density at radius 2 is 1.85 bits per heavy atom. The number of rotatable bonds is 6. The maximum atomic E-state index is 11.3. The minimum absolute atomic E-state index is 0.0955. The van der Waals surface area contributed by atoms with Crippen molar-refractivity contribution in [3.8, 4) is 11.3 Å². The second kappa shape index (κ2) is 7.96. The normalized spacial score (nSPS) is 10.7. The van der Waals surface area contributed by atoms with Gasteiger partial charge >= 0.3 is 0 Å². The summed E-state index contributed by atoms with van der Waals surface area (Å²) >= 11 is 6.00. The number of hydrogen-bond acceptors (Lipinski definition) is 7. The van der Waals surface area contributed by atoms with Crippen LogP contribution in [0, 0.1) is 10.1 Å². The summed E-state index contributed by atoms with van der Waals surface area (Å²) in [5.74, 6) is 0.817. The molecule has 3 aromatic rings. The first-order valence-corrected chi connectivity index (χ1v) is 8.57. The topological polar surface area (TPSA) is 106 Å². The largest absolute Gasteiger partial charge is 0.352 e. The van der Waals surface area contributed by atoms with Gasteiger partial charge in [0.05, 0.1) is 10.6 Å². The number of nitro benzene ring substituents is 1. The zero-order valence-corrected chi connectivity index (χ0v) is 15.4. The molecule has 0 atom stereocenters. The maximum absolute atomic E-state index is 11.3. The molecule has 2 aromatic heterocycles. The quantitative estimate of drug-likeness (QED) is 0.470. The number of pyridine rings is 1. The number of nitro groups is 1. The molecule has 0 aliphatic heterocycles. The SMILES string of the molecule is CC(C)Nc1nc(Nc2cc(Cl)ccc2[N+](=O)[O-])cc(-c2ccncc2)n1. The molecule has 9 heteroatoms. The summed E-state index contributed by atoms with van der Waals surface area (Å²) in [7, 11) is 0. The van der Waals surface area contributed by atoms with Crippen LogP contribution in [0.4, 0.5) is 23.1 Å². The third-order valence-electron chi connectivity index (χ3n) is 3.54. The van der Waals surface area contributed by atoms with Gasteiger partial charge in [0.1, 0.15) is 11.5 Å². The van der Waals surface area contributed by atoms with Gasteiger partial charge in [-0.2, -0.15) is 4.98 Å². The maximum Gasteiger partial charge on any atom is 0.292 e. The van der Waals surface area contributed by atoms with Crippen molar-refractivity contribution in [1.29, 1.82) is 0 Å². The lowest BCUT2D eigenvalue weighted by Crippen LogP contribution is -2.13. The van der Waals surface area contributed by atoms with E-state index in [2.05, 4.69) is 25.6 Å². The average molecular weight is 385 g/mol. The zero-order valence-electron chi connectivity index (χ0n) is 14.7. The first-order chi connectivity index (χ1) is 12.9. The summed E-state index contributed by atoms with van der Waals surface area (Å²) in [6.07, 6.45) is 3.34. The third-order valence-corrected chi connectivity index (χ3v) is 3.77. The zero-order chi connectivity index (χ0) is 19.4. The Bertz CT molecular complexity index is 965. The minimum atomic E-state index is -0.475. The van der Waals surface area contributed by atoms with Crippen molar-refractivity contribution < 1.29 is 4.92 Å². The summed E-state index contributed by atoms with van der Waals surface area (Å²) in [6.45, 7) is 3.94. The molecule has 0 bridgehead atoms. The molecule has 1 aromatic carbocycles. The van der Waals surface area contributed by atoms with E-state index in [0.717, 1.165) is 5.56 Å². The van der Waals surface area contributed by atoms with Crippen molar-refractivity contribution in [2.24, 2.45) is 0 Å². The number of nitrogens with one attached hydrogen (secondary N) is 2. The lowest BCUT2D eigenvalue weighted by atomic mass is 10.2. The summed E-state index contributed by atoms with van der Waals surface area (Å²) < 4.78 is 0. The Kier molecular flexibility index (Phi) is 5.46. The molecular formula is C18H17ClN6O2. The van der Waals surface area contributed by atoms with E-state index in [1.807, 2.05) is 26.0 Å². The molecule has 2 N–H and O–H groups in total. The highest BCUT2D eigenvalue weighted by atomic mass is 35.5. The highest BCUT2D eigenvalue weighted by Crippen LogP contribution is 2.31. The molecule has 27 heavy (non-hydrogen) atoms. The van der Waals surface area contributed by atoms with Crippen molar-refractivity contribution in [1.82, 2.24) is 15.0 Å². The molecule has 2 heterocycles. The van der Waals surface area contributed by atoms with Crippen LogP contribution in [0.3, 0.4) is 0 Å². The third kappa shape index (κ3) is 4.68. The van der Waals surface area contributed by atoms with Crippen LogP contribution in [0.2, 0.25) is 5.02 Å². The van der Waals surface area contributed by atoms with Crippen LogP contribution >= 0.6 is 11.6 Å². The second-order valence-electron chi connectivity index (χ2n) is 6.04. The van der Waals surface area contributed by atoms with Crippen LogP contribution < -0.4 is 10.6 Å². The van der Waals surface area contributed by atoms with Crippen LogP contribution in [0.15, 0.2) is 48.8 Å². The molecule has 0 saturated carbocycles. The monoisotopic (exact) mass is 384 g/mol. The molecule has 0 spiro atoms. The van der Waals surface area contributed by atoms with E-state index >= 15 is 0 Å². The smallest absolute Gasteiger partial charge is 0.292 e. The molecule has 0 fully saturated rings. The molecule has 0 saturated heterocycles. The van der Waals surface area contributed by atoms with Crippen LogP contribution in [-0.4, -0.2) is 25.9 Å². The van der Waals surface area contributed by atoms with Gasteiger partial charge in [0.15, 0.2) is 0 Å². The molecule has 0 unspecified atom stereocenters. The van der Waals surface area contributed by atoms with E-state index < -0.39 is 4.92 Å². The van der Waals surface area contributed by atoms with Gasteiger partial charge in [-0.3, -0.25) is 15.1 Å². The van der Waals surface area contributed by atoms with Gasteiger partial charge < -0.3 is 10.6 Å². The van der Waals surface area contributed by atoms with E-state index in [1.54, 1.807) is 18.5 Å². The van der Waals surface area contributed by atoms with Crippen LogP contribution in [0.5, 0.6) is 0 Å².